The highest BCUT2D eigenvalue weighted by atomic mass is 32.2. The normalized spacial score (nSPS) is 19.3. The van der Waals surface area contributed by atoms with Crippen molar-refractivity contribution in [2.45, 2.75) is 17.9 Å². The maximum absolute atomic E-state index is 11.9. The smallest absolute Gasteiger partial charge is 0.323 e. The van der Waals surface area contributed by atoms with Gasteiger partial charge in [0.15, 0.2) is 0 Å². The summed E-state index contributed by atoms with van der Waals surface area (Å²) < 4.78 is 28.6. The van der Waals surface area contributed by atoms with E-state index in [1.807, 2.05) is 6.92 Å². The maximum atomic E-state index is 11.9. The lowest BCUT2D eigenvalue weighted by Gasteiger charge is -2.09. The quantitative estimate of drug-likeness (QED) is 0.635. The van der Waals surface area contributed by atoms with Crippen LogP contribution in [0.2, 0.25) is 0 Å². The number of hydrogen-bond donors (Lipinski definition) is 1. The third-order valence-corrected chi connectivity index (χ3v) is 4.23. The number of aryl methyl sites for hydroxylation is 1. The molecule has 108 valence electrons. The van der Waals surface area contributed by atoms with E-state index in [1.54, 1.807) is 12.1 Å². The maximum Gasteiger partial charge on any atom is 0.324 e. The first-order chi connectivity index (χ1) is 9.31. The third kappa shape index (κ3) is 2.81. The average Bonchev–Trinajstić information content (AvgIpc) is 2.64. The Bertz CT molecular complexity index is 638. The molecule has 1 aromatic carbocycles. The standard InChI is InChI=1S/C12H14N2O5S/c1-8-3-5-9(6-4-8)20(17,18)19-7-10-11(15)14(2)12(16)13-10/h3-6,10H,7H2,1-2H3,(H,13,16). The highest BCUT2D eigenvalue weighted by Gasteiger charge is 2.36. The Morgan fingerprint density at radius 1 is 1.25 bits per heavy atom. The molecule has 0 aromatic heterocycles. The second-order valence-corrected chi connectivity index (χ2v) is 6.07. The van der Waals surface area contributed by atoms with Crippen molar-refractivity contribution >= 4 is 22.1 Å². The van der Waals surface area contributed by atoms with E-state index in [4.69, 9.17) is 4.18 Å². The molecule has 20 heavy (non-hydrogen) atoms. The molecule has 0 spiro atoms. The first kappa shape index (κ1) is 14.5. The van der Waals surface area contributed by atoms with Gasteiger partial charge in [-0.15, -0.1) is 0 Å². The highest BCUT2D eigenvalue weighted by Crippen LogP contribution is 2.14. The molecule has 0 radical (unpaired) electrons. The number of rotatable bonds is 4. The number of nitrogens with one attached hydrogen (secondary N) is 1. The average molecular weight is 298 g/mol. The van der Waals surface area contributed by atoms with Crippen LogP contribution in [0.1, 0.15) is 5.56 Å². The van der Waals surface area contributed by atoms with Crippen molar-refractivity contribution in [3.8, 4) is 0 Å². The number of hydrogen-bond acceptors (Lipinski definition) is 5. The van der Waals surface area contributed by atoms with Crippen LogP contribution in [0, 0.1) is 6.92 Å². The number of likely N-dealkylation sites (N-methyl/N-ethyl adjacent to an activating group) is 1. The van der Waals surface area contributed by atoms with Gasteiger partial charge < -0.3 is 5.32 Å². The first-order valence-electron chi connectivity index (χ1n) is 5.85. The molecular formula is C12H14N2O5S. The SMILES string of the molecule is Cc1ccc(S(=O)(=O)OCC2NC(=O)N(C)C2=O)cc1. The monoisotopic (exact) mass is 298 g/mol. The summed E-state index contributed by atoms with van der Waals surface area (Å²) in [7, 11) is -2.63. The Hall–Kier alpha value is -1.93. The van der Waals surface area contributed by atoms with Crippen LogP contribution < -0.4 is 5.32 Å². The van der Waals surface area contributed by atoms with Crippen LogP contribution in [-0.4, -0.2) is 45.0 Å². The summed E-state index contributed by atoms with van der Waals surface area (Å²) in [5.74, 6) is -0.519. The van der Waals surface area contributed by atoms with Gasteiger partial charge in [-0.25, -0.2) is 4.79 Å². The predicted molar refractivity (Wildman–Crippen MR) is 69.4 cm³/mol. The van der Waals surface area contributed by atoms with Gasteiger partial charge in [0.2, 0.25) is 0 Å². The van der Waals surface area contributed by atoms with E-state index in [9.17, 15) is 18.0 Å². The summed E-state index contributed by atoms with van der Waals surface area (Å²) in [6, 6.07) is 4.58. The largest absolute Gasteiger partial charge is 0.324 e. The molecule has 1 fully saturated rings. The molecule has 1 atom stereocenters. The number of urea groups is 1. The van der Waals surface area contributed by atoms with Crippen molar-refractivity contribution in [1.29, 1.82) is 0 Å². The van der Waals surface area contributed by atoms with E-state index in [-0.39, 0.29) is 4.90 Å². The predicted octanol–water partition coefficient (Wildman–Crippen LogP) is 0.251. The number of benzene rings is 1. The summed E-state index contributed by atoms with van der Waals surface area (Å²) in [5, 5.41) is 2.33. The topological polar surface area (TPSA) is 92.8 Å². The van der Waals surface area contributed by atoms with E-state index in [1.165, 1.54) is 19.2 Å². The van der Waals surface area contributed by atoms with Crippen LogP contribution in [0.5, 0.6) is 0 Å². The Kier molecular flexibility index (Phi) is 3.78. The van der Waals surface area contributed by atoms with Gasteiger partial charge in [0.05, 0.1) is 11.5 Å². The number of nitrogens with zero attached hydrogens (tertiary/aromatic N) is 1. The number of carbonyl (C=O) groups excluding carboxylic acids is 2. The zero-order valence-electron chi connectivity index (χ0n) is 11.0. The molecule has 3 amide bonds. The number of imide groups is 1. The molecule has 0 saturated carbocycles. The van der Waals surface area contributed by atoms with Crippen molar-refractivity contribution in [3.05, 3.63) is 29.8 Å². The van der Waals surface area contributed by atoms with E-state index in [0.29, 0.717) is 0 Å². The summed E-state index contributed by atoms with van der Waals surface area (Å²) >= 11 is 0. The minimum atomic E-state index is -3.94. The fraction of sp³-hybridized carbons (Fsp3) is 0.333. The van der Waals surface area contributed by atoms with Crippen molar-refractivity contribution in [3.63, 3.8) is 0 Å². The zero-order valence-corrected chi connectivity index (χ0v) is 11.8. The van der Waals surface area contributed by atoms with Gasteiger partial charge in [-0.05, 0) is 19.1 Å². The molecule has 1 heterocycles. The fourth-order valence-electron chi connectivity index (χ4n) is 1.68. The van der Waals surface area contributed by atoms with E-state index in [0.717, 1.165) is 10.5 Å². The lowest BCUT2D eigenvalue weighted by Crippen LogP contribution is -2.34. The Morgan fingerprint density at radius 3 is 2.35 bits per heavy atom. The van der Waals surface area contributed by atoms with E-state index < -0.39 is 34.7 Å². The van der Waals surface area contributed by atoms with Crippen LogP contribution in [0.25, 0.3) is 0 Å². The summed E-state index contributed by atoms with van der Waals surface area (Å²) in [5.41, 5.74) is 0.920. The van der Waals surface area contributed by atoms with Gasteiger partial charge in [0.25, 0.3) is 16.0 Å². The number of amides is 3. The van der Waals surface area contributed by atoms with Crippen LogP contribution in [0.15, 0.2) is 29.2 Å². The van der Waals surface area contributed by atoms with Crippen molar-refractivity contribution in [2.24, 2.45) is 0 Å². The molecule has 1 aliphatic heterocycles. The van der Waals surface area contributed by atoms with Crippen molar-refractivity contribution < 1.29 is 22.2 Å². The van der Waals surface area contributed by atoms with E-state index in [2.05, 4.69) is 5.32 Å². The zero-order chi connectivity index (χ0) is 14.9. The summed E-state index contributed by atoms with van der Waals surface area (Å²) in [4.78, 5) is 23.7. The van der Waals surface area contributed by atoms with Crippen molar-refractivity contribution in [1.82, 2.24) is 10.2 Å². The molecule has 1 unspecified atom stereocenters. The second-order valence-electron chi connectivity index (χ2n) is 4.45. The molecule has 1 aromatic rings. The van der Waals surface area contributed by atoms with Crippen LogP contribution in [0.3, 0.4) is 0 Å². The van der Waals surface area contributed by atoms with Crippen LogP contribution in [0.4, 0.5) is 4.79 Å². The third-order valence-electron chi connectivity index (χ3n) is 2.93. The molecular weight excluding hydrogens is 284 g/mol. The van der Waals surface area contributed by atoms with Crippen LogP contribution >= 0.6 is 0 Å². The minimum absolute atomic E-state index is 0.00762. The summed E-state index contributed by atoms with van der Waals surface area (Å²) in [6.45, 7) is 1.41. The second kappa shape index (κ2) is 5.22. The molecule has 1 N–H and O–H groups in total. The molecule has 2 rings (SSSR count). The molecule has 7 nitrogen and oxygen atoms in total. The molecule has 0 bridgehead atoms. The van der Waals surface area contributed by atoms with Gasteiger partial charge in [-0.3, -0.25) is 13.9 Å². The van der Waals surface area contributed by atoms with Crippen LogP contribution in [-0.2, 0) is 19.1 Å². The van der Waals surface area contributed by atoms with Gasteiger partial charge >= 0.3 is 6.03 Å². The Labute approximate surface area is 116 Å². The lowest BCUT2D eigenvalue weighted by atomic mass is 10.2. The molecule has 8 heteroatoms. The van der Waals surface area contributed by atoms with Gasteiger partial charge in [-0.1, -0.05) is 17.7 Å². The molecule has 1 aliphatic rings. The Morgan fingerprint density at radius 2 is 1.85 bits per heavy atom. The summed E-state index contributed by atoms with van der Waals surface area (Å²) in [6.07, 6.45) is 0. The fourth-order valence-corrected chi connectivity index (χ4v) is 2.61. The lowest BCUT2D eigenvalue weighted by molar-refractivity contribution is -0.127. The van der Waals surface area contributed by atoms with E-state index >= 15 is 0 Å². The first-order valence-corrected chi connectivity index (χ1v) is 7.26. The molecule has 0 aliphatic carbocycles. The van der Waals surface area contributed by atoms with Gasteiger partial charge in [0, 0.05) is 7.05 Å². The van der Waals surface area contributed by atoms with Gasteiger partial charge in [0.1, 0.15) is 6.04 Å². The Balaban J connectivity index is 2.05. The highest BCUT2D eigenvalue weighted by molar-refractivity contribution is 7.86. The van der Waals surface area contributed by atoms with Gasteiger partial charge in [-0.2, -0.15) is 8.42 Å². The number of carbonyl (C=O) groups is 2. The minimum Gasteiger partial charge on any atom is -0.323 e. The molecule has 1 saturated heterocycles. The van der Waals surface area contributed by atoms with Crippen molar-refractivity contribution in [2.75, 3.05) is 13.7 Å².